The molecule has 136 valence electrons. The summed E-state index contributed by atoms with van der Waals surface area (Å²) < 4.78 is 16.0. The van der Waals surface area contributed by atoms with Gasteiger partial charge in [-0.25, -0.2) is 0 Å². The van der Waals surface area contributed by atoms with Crippen LogP contribution < -0.4 is 30.8 Å². The Morgan fingerprint density at radius 1 is 1.27 bits per heavy atom. The number of H-pyrrole nitrogens is 1. The first-order valence-electron chi connectivity index (χ1n) is 7.48. The van der Waals surface area contributed by atoms with E-state index in [1.165, 1.54) is 27.4 Å². The van der Waals surface area contributed by atoms with Crippen LogP contribution in [-0.4, -0.2) is 38.3 Å². The number of rotatable bonds is 6. The first kappa shape index (κ1) is 18.7. The molecule has 0 aliphatic heterocycles. The summed E-state index contributed by atoms with van der Waals surface area (Å²) >= 11 is 0. The van der Waals surface area contributed by atoms with Crippen LogP contribution in [0, 0.1) is 11.3 Å². The zero-order chi connectivity index (χ0) is 19.3. The molecule has 26 heavy (non-hydrogen) atoms. The first-order chi connectivity index (χ1) is 12.5. The van der Waals surface area contributed by atoms with Crippen LogP contribution in [0.2, 0.25) is 0 Å². The Bertz CT molecular complexity index is 918. The van der Waals surface area contributed by atoms with Crippen LogP contribution in [-0.2, 0) is 0 Å². The van der Waals surface area contributed by atoms with Crippen LogP contribution >= 0.6 is 0 Å². The molecule has 1 aromatic heterocycles. The smallest absolute Gasteiger partial charge is 0.262 e. The van der Waals surface area contributed by atoms with Crippen molar-refractivity contribution in [1.82, 2.24) is 9.97 Å². The van der Waals surface area contributed by atoms with Gasteiger partial charge in [-0.05, 0) is 17.7 Å². The molecule has 0 amide bonds. The third kappa shape index (κ3) is 3.39. The number of hydrogen-bond acceptors (Lipinski definition) is 8. The number of nitriles is 1. The lowest BCUT2D eigenvalue weighted by atomic mass is 9.98. The maximum Gasteiger partial charge on any atom is 0.262 e. The van der Waals surface area contributed by atoms with E-state index in [-0.39, 0.29) is 17.3 Å². The number of anilines is 2. The normalized spacial score (nSPS) is 10.8. The molecule has 2 rings (SSSR count). The highest BCUT2D eigenvalue weighted by atomic mass is 16.5. The second-order valence-corrected chi connectivity index (χ2v) is 5.03. The van der Waals surface area contributed by atoms with Gasteiger partial charge in [0.15, 0.2) is 11.5 Å². The van der Waals surface area contributed by atoms with Gasteiger partial charge in [0.2, 0.25) is 11.7 Å². The highest BCUT2D eigenvalue weighted by Crippen LogP contribution is 2.41. The van der Waals surface area contributed by atoms with E-state index in [9.17, 15) is 10.1 Å². The van der Waals surface area contributed by atoms with Crippen molar-refractivity contribution < 1.29 is 14.2 Å². The van der Waals surface area contributed by atoms with Gasteiger partial charge in [-0.15, -0.1) is 0 Å². The number of benzene rings is 1. The molecule has 0 spiro atoms. The van der Waals surface area contributed by atoms with Crippen LogP contribution in [0.5, 0.6) is 17.2 Å². The topological polar surface area (TPSA) is 135 Å². The predicted molar refractivity (Wildman–Crippen MR) is 97.6 cm³/mol. The van der Waals surface area contributed by atoms with Crippen LogP contribution in [0.3, 0.4) is 0 Å². The Kier molecular flexibility index (Phi) is 5.70. The molecule has 2 aromatic rings. The summed E-state index contributed by atoms with van der Waals surface area (Å²) in [4.78, 5) is 19.0. The van der Waals surface area contributed by atoms with E-state index in [1.807, 2.05) is 6.07 Å². The largest absolute Gasteiger partial charge is 0.493 e. The number of aromatic nitrogens is 2. The quantitative estimate of drug-likeness (QED) is 0.660. The average Bonchev–Trinajstić information content (AvgIpc) is 2.64. The maximum absolute atomic E-state index is 12.5. The molecule has 0 bridgehead atoms. The average molecular weight is 357 g/mol. The highest BCUT2D eigenvalue weighted by molar-refractivity contribution is 5.87. The van der Waals surface area contributed by atoms with Gasteiger partial charge in [0.25, 0.3) is 5.56 Å². The number of nitrogens with zero attached hydrogens (tertiary/aromatic N) is 2. The van der Waals surface area contributed by atoms with E-state index in [1.54, 1.807) is 19.2 Å². The number of allylic oxidation sites excluding steroid dienone is 1. The number of hydrogen-bond donors (Lipinski definition) is 3. The lowest BCUT2D eigenvalue weighted by Gasteiger charge is -2.16. The third-order valence-electron chi connectivity index (χ3n) is 3.63. The summed E-state index contributed by atoms with van der Waals surface area (Å²) in [5.41, 5.74) is 6.11. The zero-order valence-electron chi connectivity index (χ0n) is 14.8. The minimum Gasteiger partial charge on any atom is -0.493 e. The third-order valence-corrected chi connectivity index (χ3v) is 3.63. The molecule has 0 unspecified atom stereocenters. The molecule has 0 aliphatic carbocycles. The monoisotopic (exact) mass is 357 g/mol. The number of methoxy groups -OCH3 is 3. The van der Waals surface area contributed by atoms with Crippen molar-refractivity contribution in [2.24, 2.45) is 0 Å². The van der Waals surface area contributed by atoms with Crippen molar-refractivity contribution in [3.8, 4) is 23.3 Å². The Morgan fingerprint density at radius 2 is 1.88 bits per heavy atom. The molecule has 1 heterocycles. The standard InChI is InChI=1S/C17H19N5O4/c1-20-15-13(16(23)22-17(19)21-15)10(5-6-18)9-7-11(24-2)14(26-4)12(8-9)25-3/h5,7-8H,1-4H3,(H4,19,20,21,22,23)/b10-5-. The van der Waals surface area contributed by atoms with Gasteiger partial charge in [0, 0.05) is 18.7 Å². The van der Waals surface area contributed by atoms with E-state index in [4.69, 9.17) is 19.9 Å². The molecule has 0 atom stereocenters. The highest BCUT2D eigenvalue weighted by Gasteiger charge is 2.20. The van der Waals surface area contributed by atoms with E-state index in [0.717, 1.165) is 0 Å². The lowest BCUT2D eigenvalue weighted by molar-refractivity contribution is 0.324. The summed E-state index contributed by atoms with van der Waals surface area (Å²) in [6, 6.07) is 5.22. The molecule has 0 saturated carbocycles. The molecule has 4 N–H and O–H groups in total. The molecule has 9 heteroatoms. The lowest BCUT2D eigenvalue weighted by Crippen LogP contribution is -2.19. The maximum atomic E-state index is 12.5. The van der Waals surface area contributed by atoms with E-state index >= 15 is 0 Å². The Balaban J connectivity index is 2.81. The van der Waals surface area contributed by atoms with Crippen molar-refractivity contribution in [3.63, 3.8) is 0 Å². The fourth-order valence-corrected chi connectivity index (χ4v) is 2.52. The molecule has 0 fully saturated rings. The predicted octanol–water partition coefficient (Wildman–Crippen LogP) is 1.37. The van der Waals surface area contributed by atoms with E-state index in [0.29, 0.717) is 28.4 Å². The SMILES string of the molecule is CNc1nc(N)[nH]c(=O)c1/C(=C\C#N)c1cc(OC)c(OC)c(OC)c1. The number of nitrogens with one attached hydrogen (secondary N) is 2. The number of nitrogen functional groups attached to an aromatic ring is 1. The van der Waals surface area contributed by atoms with E-state index < -0.39 is 5.56 Å². The zero-order valence-corrected chi connectivity index (χ0v) is 14.8. The second-order valence-electron chi connectivity index (χ2n) is 5.03. The first-order valence-corrected chi connectivity index (χ1v) is 7.48. The molecule has 0 saturated heterocycles. The summed E-state index contributed by atoms with van der Waals surface area (Å²) in [7, 11) is 6.04. The molecule has 1 aromatic carbocycles. The van der Waals surface area contributed by atoms with Gasteiger partial charge in [-0.1, -0.05) is 0 Å². The Labute approximate surface area is 150 Å². The van der Waals surface area contributed by atoms with Crippen LogP contribution in [0.1, 0.15) is 11.1 Å². The second kappa shape index (κ2) is 7.94. The Hall–Kier alpha value is -3.67. The summed E-state index contributed by atoms with van der Waals surface area (Å²) in [5.74, 6) is 1.37. The summed E-state index contributed by atoms with van der Waals surface area (Å²) in [6.07, 6.45) is 1.24. The van der Waals surface area contributed by atoms with Gasteiger partial charge >= 0.3 is 0 Å². The minimum atomic E-state index is -0.489. The molecule has 0 aliphatic rings. The van der Waals surface area contributed by atoms with Crippen LogP contribution in [0.15, 0.2) is 23.0 Å². The summed E-state index contributed by atoms with van der Waals surface area (Å²) in [5, 5.41) is 12.0. The van der Waals surface area contributed by atoms with Gasteiger partial charge < -0.3 is 25.3 Å². The van der Waals surface area contributed by atoms with Gasteiger partial charge in [-0.2, -0.15) is 10.2 Å². The minimum absolute atomic E-state index is 0.0377. The van der Waals surface area contributed by atoms with Crippen molar-refractivity contribution in [3.05, 3.63) is 39.7 Å². The van der Waals surface area contributed by atoms with Crippen LogP contribution in [0.4, 0.5) is 11.8 Å². The molecular weight excluding hydrogens is 338 g/mol. The summed E-state index contributed by atoms with van der Waals surface area (Å²) in [6.45, 7) is 0. The number of ether oxygens (including phenoxy) is 3. The number of aromatic amines is 1. The van der Waals surface area contributed by atoms with E-state index in [2.05, 4.69) is 15.3 Å². The fraction of sp³-hybridized carbons (Fsp3) is 0.235. The van der Waals surface area contributed by atoms with Crippen molar-refractivity contribution in [1.29, 1.82) is 5.26 Å². The van der Waals surface area contributed by atoms with Gasteiger partial charge in [0.05, 0.1) is 33.0 Å². The Morgan fingerprint density at radius 3 is 2.35 bits per heavy atom. The molecule has 9 nitrogen and oxygen atoms in total. The van der Waals surface area contributed by atoms with Crippen LogP contribution in [0.25, 0.3) is 5.57 Å². The molecular formula is C17H19N5O4. The number of nitrogens with two attached hydrogens (primary N) is 1. The van der Waals surface area contributed by atoms with Crippen molar-refractivity contribution in [2.45, 2.75) is 0 Å². The fourth-order valence-electron chi connectivity index (χ4n) is 2.52. The van der Waals surface area contributed by atoms with Gasteiger partial charge in [-0.3, -0.25) is 9.78 Å². The van der Waals surface area contributed by atoms with Gasteiger partial charge in [0.1, 0.15) is 5.82 Å². The van der Waals surface area contributed by atoms with Crippen molar-refractivity contribution >= 4 is 17.3 Å². The molecule has 0 radical (unpaired) electrons. The van der Waals surface area contributed by atoms with Crippen molar-refractivity contribution in [2.75, 3.05) is 39.4 Å².